The van der Waals surface area contributed by atoms with E-state index < -0.39 is 34.4 Å². The predicted octanol–water partition coefficient (Wildman–Crippen LogP) is 1.93. The van der Waals surface area contributed by atoms with E-state index in [1.165, 1.54) is 24.3 Å². The van der Waals surface area contributed by atoms with Crippen LogP contribution in [0.5, 0.6) is 0 Å². The number of aliphatic carboxylic acids is 1. The quantitative estimate of drug-likeness (QED) is 0.674. The van der Waals surface area contributed by atoms with Gasteiger partial charge in [0.05, 0.1) is 17.4 Å². The topological polar surface area (TPSA) is 127 Å². The van der Waals surface area contributed by atoms with Gasteiger partial charge in [0.25, 0.3) is 0 Å². The van der Waals surface area contributed by atoms with E-state index >= 15 is 0 Å². The summed E-state index contributed by atoms with van der Waals surface area (Å²) < 4.78 is 27.4. The summed E-state index contributed by atoms with van der Waals surface area (Å²) in [5.41, 5.74) is 5.63. The maximum absolute atomic E-state index is 12.5. The summed E-state index contributed by atoms with van der Waals surface area (Å²) in [6, 6.07) is 10.3. The van der Waals surface area contributed by atoms with Gasteiger partial charge in [-0.25, -0.2) is 13.1 Å². The standard InChI is InChI=1S/C16H15ClN2O5S/c17-13-4-2-1-3-12(13)14(9-15(20)21)19-25(23,24)11-7-5-10(6-8-11)16(18)22/h1-8,14,19H,9H2,(H2,18,22)(H,20,21). The van der Waals surface area contributed by atoms with Crippen LogP contribution in [0, 0.1) is 0 Å². The average Bonchev–Trinajstić information content (AvgIpc) is 2.54. The summed E-state index contributed by atoms with van der Waals surface area (Å²) in [4.78, 5) is 22.0. The molecule has 0 aliphatic carbocycles. The van der Waals surface area contributed by atoms with Crippen LogP contribution in [0.2, 0.25) is 5.02 Å². The molecule has 4 N–H and O–H groups in total. The fourth-order valence-corrected chi connectivity index (χ4v) is 3.68. The van der Waals surface area contributed by atoms with E-state index in [1.807, 2.05) is 0 Å². The Hall–Kier alpha value is -2.42. The first kappa shape index (κ1) is 18.9. The minimum Gasteiger partial charge on any atom is -0.481 e. The molecule has 25 heavy (non-hydrogen) atoms. The first-order valence-corrected chi connectivity index (χ1v) is 8.95. The molecule has 0 aliphatic rings. The van der Waals surface area contributed by atoms with Gasteiger partial charge in [-0.3, -0.25) is 9.59 Å². The van der Waals surface area contributed by atoms with Crippen LogP contribution in [0.15, 0.2) is 53.4 Å². The third-order valence-electron chi connectivity index (χ3n) is 3.41. The molecule has 132 valence electrons. The highest BCUT2D eigenvalue weighted by molar-refractivity contribution is 7.89. The van der Waals surface area contributed by atoms with Crippen LogP contribution in [0.3, 0.4) is 0 Å². The number of amides is 1. The van der Waals surface area contributed by atoms with Crippen molar-refractivity contribution in [3.05, 3.63) is 64.7 Å². The molecule has 1 atom stereocenters. The number of carbonyl (C=O) groups is 2. The lowest BCUT2D eigenvalue weighted by Gasteiger charge is -2.18. The number of hydrogen-bond acceptors (Lipinski definition) is 4. The van der Waals surface area contributed by atoms with Crippen molar-refractivity contribution >= 4 is 33.5 Å². The fourth-order valence-electron chi connectivity index (χ4n) is 2.20. The summed E-state index contributed by atoms with van der Waals surface area (Å²) >= 11 is 6.05. The van der Waals surface area contributed by atoms with Gasteiger partial charge in [0.1, 0.15) is 0 Å². The molecule has 1 unspecified atom stereocenters. The third kappa shape index (κ3) is 4.79. The zero-order valence-corrected chi connectivity index (χ0v) is 14.4. The van der Waals surface area contributed by atoms with Crippen LogP contribution in [0.1, 0.15) is 28.4 Å². The van der Waals surface area contributed by atoms with E-state index in [0.29, 0.717) is 5.56 Å². The molecule has 7 nitrogen and oxygen atoms in total. The highest BCUT2D eigenvalue weighted by Gasteiger charge is 2.25. The van der Waals surface area contributed by atoms with Gasteiger partial charge in [-0.15, -0.1) is 0 Å². The third-order valence-corrected chi connectivity index (χ3v) is 5.24. The van der Waals surface area contributed by atoms with E-state index in [2.05, 4.69) is 4.72 Å². The molecule has 9 heteroatoms. The Balaban J connectivity index is 2.35. The molecule has 1 amide bonds. The molecule has 2 aromatic rings. The lowest BCUT2D eigenvalue weighted by molar-refractivity contribution is -0.137. The molecule has 0 aromatic heterocycles. The number of nitrogens with two attached hydrogens (primary N) is 1. The smallest absolute Gasteiger partial charge is 0.305 e. The van der Waals surface area contributed by atoms with Gasteiger partial charge in [-0.2, -0.15) is 0 Å². The number of benzene rings is 2. The van der Waals surface area contributed by atoms with E-state index in [9.17, 15) is 18.0 Å². The van der Waals surface area contributed by atoms with E-state index in [-0.39, 0.29) is 15.5 Å². The number of halogens is 1. The molecule has 2 rings (SSSR count). The van der Waals surface area contributed by atoms with Gasteiger partial charge in [0, 0.05) is 10.6 Å². The second-order valence-corrected chi connectivity index (χ2v) is 7.30. The molecular weight excluding hydrogens is 368 g/mol. The van der Waals surface area contributed by atoms with Crippen molar-refractivity contribution in [2.24, 2.45) is 5.73 Å². The maximum atomic E-state index is 12.5. The summed E-state index contributed by atoms with van der Waals surface area (Å²) in [6.07, 6.45) is -0.484. The second-order valence-electron chi connectivity index (χ2n) is 5.18. The van der Waals surface area contributed by atoms with Gasteiger partial charge in [-0.1, -0.05) is 29.8 Å². The zero-order chi connectivity index (χ0) is 18.6. The van der Waals surface area contributed by atoms with E-state index in [1.54, 1.807) is 24.3 Å². The normalized spacial score (nSPS) is 12.5. The maximum Gasteiger partial charge on any atom is 0.305 e. The van der Waals surface area contributed by atoms with Crippen molar-refractivity contribution in [1.82, 2.24) is 4.72 Å². The van der Waals surface area contributed by atoms with Crippen molar-refractivity contribution in [3.8, 4) is 0 Å². The highest BCUT2D eigenvalue weighted by Crippen LogP contribution is 2.27. The van der Waals surface area contributed by atoms with Crippen LogP contribution in [-0.4, -0.2) is 25.4 Å². The Morgan fingerprint density at radius 3 is 2.24 bits per heavy atom. The average molecular weight is 383 g/mol. The van der Waals surface area contributed by atoms with Gasteiger partial charge < -0.3 is 10.8 Å². The van der Waals surface area contributed by atoms with Gasteiger partial charge in [0.15, 0.2) is 0 Å². The summed E-state index contributed by atoms with van der Waals surface area (Å²) in [5.74, 6) is -1.87. The minimum atomic E-state index is -4.04. The van der Waals surface area contributed by atoms with Crippen molar-refractivity contribution in [3.63, 3.8) is 0 Å². The minimum absolute atomic E-state index is 0.125. The van der Waals surface area contributed by atoms with Crippen molar-refractivity contribution in [2.45, 2.75) is 17.4 Å². The Labute approximate surface area is 149 Å². The molecular formula is C16H15ClN2O5S. The van der Waals surface area contributed by atoms with Crippen LogP contribution in [0.25, 0.3) is 0 Å². The highest BCUT2D eigenvalue weighted by atomic mass is 35.5. The van der Waals surface area contributed by atoms with Crippen LogP contribution >= 0.6 is 11.6 Å². The molecule has 0 saturated heterocycles. The van der Waals surface area contributed by atoms with Gasteiger partial charge in [0.2, 0.25) is 15.9 Å². The first-order valence-electron chi connectivity index (χ1n) is 7.09. The molecule has 0 spiro atoms. The molecule has 0 bridgehead atoms. The number of hydrogen-bond donors (Lipinski definition) is 3. The van der Waals surface area contributed by atoms with Crippen LogP contribution in [-0.2, 0) is 14.8 Å². The number of carbonyl (C=O) groups excluding carboxylic acids is 1. The molecule has 0 radical (unpaired) electrons. The first-order chi connectivity index (χ1) is 11.7. The predicted molar refractivity (Wildman–Crippen MR) is 91.7 cm³/mol. The summed E-state index contributed by atoms with van der Waals surface area (Å²) in [7, 11) is -4.04. The molecule has 0 fully saturated rings. The number of rotatable bonds is 7. The van der Waals surface area contributed by atoms with E-state index in [4.69, 9.17) is 22.4 Å². The van der Waals surface area contributed by atoms with Gasteiger partial charge >= 0.3 is 5.97 Å². The van der Waals surface area contributed by atoms with E-state index in [0.717, 1.165) is 0 Å². The summed E-state index contributed by atoms with van der Waals surface area (Å²) in [6.45, 7) is 0. The van der Waals surface area contributed by atoms with Gasteiger partial charge in [-0.05, 0) is 35.9 Å². The van der Waals surface area contributed by atoms with Crippen molar-refractivity contribution < 1.29 is 23.1 Å². The molecule has 0 aliphatic heterocycles. The number of nitrogens with one attached hydrogen (secondary N) is 1. The zero-order valence-electron chi connectivity index (χ0n) is 12.8. The Kier molecular flexibility index (Phi) is 5.78. The van der Waals surface area contributed by atoms with Crippen molar-refractivity contribution in [1.29, 1.82) is 0 Å². The lowest BCUT2D eigenvalue weighted by Crippen LogP contribution is -2.30. The molecule has 0 saturated carbocycles. The fraction of sp³-hybridized carbons (Fsp3) is 0.125. The second kappa shape index (κ2) is 7.64. The Bertz CT molecular complexity index is 897. The molecule has 0 heterocycles. The molecule has 2 aromatic carbocycles. The van der Waals surface area contributed by atoms with Crippen LogP contribution in [0.4, 0.5) is 0 Å². The number of carboxylic acids is 1. The van der Waals surface area contributed by atoms with Crippen molar-refractivity contribution in [2.75, 3.05) is 0 Å². The lowest BCUT2D eigenvalue weighted by atomic mass is 10.1. The van der Waals surface area contributed by atoms with Crippen LogP contribution < -0.4 is 10.5 Å². The summed E-state index contributed by atoms with van der Waals surface area (Å²) in [5, 5.41) is 9.32. The SMILES string of the molecule is NC(=O)c1ccc(S(=O)(=O)NC(CC(=O)O)c2ccccc2Cl)cc1. The number of carboxylic acid groups (broad SMARTS) is 1. The Morgan fingerprint density at radius 2 is 1.72 bits per heavy atom. The Morgan fingerprint density at radius 1 is 1.12 bits per heavy atom. The number of sulfonamides is 1. The largest absolute Gasteiger partial charge is 0.481 e. The monoisotopic (exact) mass is 382 g/mol. The number of primary amides is 1.